The van der Waals surface area contributed by atoms with Gasteiger partial charge in [0.2, 0.25) is 0 Å². The van der Waals surface area contributed by atoms with Gasteiger partial charge in [-0.3, -0.25) is 10.1 Å². The van der Waals surface area contributed by atoms with Crippen molar-refractivity contribution in [2.24, 2.45) is 7.05 Å². The summed E-state index contributed by atoms with van der Waals surface area (Å²) in [5, 5.41) is 13.1. The molecule has 0 spiro atoms. The molecule has 7 heteroatoms. The van der Waals surface area contributed by atoms with E-state index in [1.54, 1.807) is 6.07 Å². The number of nitrogens with zero attached hydrogens (tertiary/aromatic N) is 3. The van der Waals surface area contributed by atoms with Gasteiger partial charge in [0.25, 0.3) is 0 Å². The summed E-state index contributed by atoms with van der Waals surface area (Å²) >= 11 is 0. The first-order valence-electron chi connectivity index (χ1n) is 8.91. The molecular weight excluding hydrogens is 330 g/mol. The van der Waals surface area contributed by atoms with E-state index in [4.69, 9.17) is 20.6 Å². The topological polar surface area (TPSA) is 89.4 Å². The fourth-order valence-electron chi connectivity index (χ4n) is 3.14. The minimum Gasteiger partial charge on any atom is -0.491 e. The third-order valence-electron chi connectivity index (χ3n) is 4.34. The molecule has 0 saturated carbocycles. The second-order valence-corrected chi connectivity index (χ2v) is 6.93. The first-order chi connectivity index (χ1) is 12.3. The molecule has 2 aromatic rings. The van der Waals surface area contributed by atoms with Crippen LogP contribution in [0.15, 0.2) is 24.3 Å². The molecule has 1 saturated heterocycles. The van der Waals surface area contributed by atoms with Gasteiger partial charge in [-0.05, 0) is 39.0 Å². The van der Waals surface area contributed by atoms with E-state index in [1.807, 2.05) is 43.8 Å². The van der Waals surface area contributed by atoms with Crippen molar-refractivity contribution < 1.29 is 10.9 Å². The van der Waals surface area contributed by atoms with Crippen molar-refractivity contribution in [2.75, 3.05) is 30.3 Å². The molecule has 0 radical (unpaired) electrons. The van der Waals surface area contributed by atoms with Crippen LogP contribution in [-0.2, 0) is 11.8 Å². The minimum absolute atomic E-state index is 0. The average molecular weight is 359 g/mol. The smallest absolute Gasteiger partial charge is 0.127 e. The van der Waals surface area contributed by atoms with Crippen molar-refractivity contribution in [2.45, 2.75) is 33.0 Å². The predicted molar refractivity (Wildman–Crippen MR) is 105 cm³/mol. The van der Waals surface area contributed by atoms with Crippen molar-refractivity contribution >= 4 is 17.2 Å². The Morgan fingerprint density at radius 1 is 1.42 bits per heavy atom. The number of aromatic nitrogens is 2. The first kappa shape index (κ1) is 18.3. The largest absolute Gasteiger partial charge is 0.491 e. The van der Waals surface area contributed by atoms with Gasteiger partial charge < -0.3 is 20.1 Å². The number of nitrogen functional groups attached to an aromatic ring is 1. The third kappa shape index (κ3) is 3.83. The number of hydrogen-bond donors (Lipinski definition) is 2. The van der Waals surface area contributed by atoms with Gasteiger partial charge >= 0.3 is 0 Å². The molecule has 0 unspecified atom stereocenters. The molecule has 0 amide bonds. The van der Waals surface area contributed by atoms with Gasteiger partial charge in [-0.2, -0.15) is 5.10 Å². The maximum absolute atomic E-state index is 8.60. The number of nitrogens with one attached hydrogen (secondary N) is 1. The standard InChI is InChI=1S/C19H27N5O2.H2/c1-12(2)26-14-5-6-16(20)15(9-14)19(21)17-10-18(23(4)22-17)24-7-8-25-13(3)11-24;/h5-6,9-10,12-13,21H,7-8,11,20H2,1-4H3;1H/t13-;/m0./s1. The second kappa shape index (κ2) is 7.37. The lowest BCUT2D eigenvalue weighted by Crippen LogP contribution is -2.41. The zero-order valence-corrected chi connectivity index (χ0v) is 15.8. The lowest BCUT2D eigenvalue weighted by molar-refractivity contribution is 0.0527. The number of anilines is 2. The molecule has 26 heavy (non-hydrogen) atoms. The summed E-state index contributed by atoms with van der Waals surface area (Å²) in [5.74, 6) is 1.68. The summed E-state index contributed by atoms with van der Waals surface area (Å²) < 4.78 is 13.2. The molecule has 142 valence electrons. The fourth-order valence-corrected chi connectivity index (χ4v) is 3.14. The number of hydrogen-bond acceptors (Lipinski definition) is 6. The second-order valence-electron chi connectivity index (χ2n) is 6.93. The normalized spacial score (nSPS) is 17.6. The Labute approximate surface area is 155 Å². The van der Waals surface area contributed by atoms with Crippen LogP contribution in [0.25, 0.3) is 0 Å². The van der Waals surface area contributed by atoms with Gasteiger partial charge in [-0.1, -0.05) is 0 Å². The number of aryl methyl sites for hydroxylation is 1. The van der Waals surface area contributed by atoms with Gasteiger partial charge in [-0.25, -0.2) is 0 Å². The van der Waals surface area contributed by atoms with E-state index in [-0.39, 0.29) is 13.6 Å². The summed E-state index contributed by atoms with van der Waals surface area (Å²) in [6.45, 7) is 8.32. The Hall–Kier alpha value is -2.54. The molecule has 7 nitrogen and oxygen atoms in total. The highest BCUT2D eigenvalue weighted by atomic mass is 16.5. The maximum atomic E-state index is 8.60. The maximum Gasteiger partial charge on any atom is 0.127 e. The number of morpholine rings is 1. The summed E-state index contributed by atoms with van der Waals surface area (Å²) in [5.41, 5.74) is 8.16. The molecule has 2 heterocycles. The minimum atomic E-state index is 0. The highest BCUT2D eigenvalue weighted by Gasteiger charge is 2.22. The van der Waals surface area contributed by atoms with E-state index < -0.39 is 0 Å². The summed E-state index contributed by atoms with van der Waals surface area (Å²) in [7, 11) is 1.90. The van der Waals surface area contributed by atoms with E-state index in [9.17, 15) is 0 Å². The lowest BCUT2D eigenvalue weighted by Gasteiger charge is -2.32. The third-order valence-corrected chi connectivity index (χ3v) is 4.34. The number of rotatable bonds is 5. The van der Waals surface area contributed by atoms with Crippen LogP contribution < -0.4 is 15.4 Å². The number of benzene rings is 1. The molecule has 3 N–H and O–H groups in total. The highest BCUT2D eigenvalue weighted by Crippen LogP contribution is 2.25. The monoisotopic (exact) mass is 359 g/mol. The van der Waals surface area contributed by atoms with E-state index in [2.05, 4.69) is 16.9 Å². The molecular formula is C19H29N5O2. The van der Waals surface area contributed by atoms with Crippen LogP contribution in [0.2, 0.25) is 0 Å². The fraction of sp³-hybridized carbons (Fsp3) is 0.474. The molecule has 0 aliphatic carbocycles. The van der Waals surface area contributed by atoms with E-state index in [0.717, 1.165) is 18.9 Å². The Kier molecular flexibility index (Phi) is 5.18. The zero-order chi connectivity index (χ0) is 18.8. The SMILES string of the molecule is CC(C)Oc1ccc(N)c(C(=N)c2cc(N3CCO[C@@H](C)C3)n(C)n2)c1.[HH]. The number of ether oxygens (including phenoxy) is 2. The highest BCUT2D eigenvalue weighted by molar-refractivity contribution is 6.13. The van der Waals surface area contributed by atoms with Gasteiger partial charge in [0.1, 0.15) is 17.3 Å². The van der Waals surface area contributed by atoms with E-state index in [1.165, 1.54) is 0 Å². The molecule has 1 aliphatic rings. The van der Waals surface area contributed by atoms with Crippen LogP contribution in [0, 0.1) is 5.41 Å². The van der Waals surface area contributed by atoms with Crippen molar-refractivity contribution in [1.82, 2.24) is 9.78 Å². The first-order valence-corrected chi connectivity index (χ1v) is 8.91. The van der Waals surface area contributed by atoms with Crippen LogP contribution in [-0.4, -0.2) is 47.4 Å². The average Bonchev–Trinajstić information content (AvgIpc) is 2.97. The molecule has 0 bridgehead atoms. The summed E-state index contributed by atoms with van der Waals surface area (Å²) in [6.07, 6.45) is 0.243. The molecule has 1 aromatic heterocycles. The molecule has 1 aromatic carbocycles. The molecule has 1 fully saturated rings. The Balaban J connectivity index is 0.00000261. The Morgan fingerprint density at radius 3 is 2.88 bits per heavy atom. The summed E-state index contributed by atoms with van der Waals surface area (Å²) in [4.78, 5) is 2.24. The van der Waals surface area contributed by atoms with E-state index >= 15 is 0 Å². The predicted octanol–water partition coefficient (Wildman–Crippen LogP) is 2.68. The van der Waals surface area contributed by atoms with E-state index in [0.29, 0.717) is 35.0 Å². The van der Waals surface area contributed by atoms with Crippen molar-refractivity contribution in [3.05, 3.63) is 35.5 Å². The number of nitrogens with two attached hydrogens (primary N) is 1. The van der Waals surface area contributed by atoms with Crippen LogP contribution in [0.4, 0.5) is 11.5 Å². The van der Waals surface area contributed by atoms with Crippen LogP contribution in [0.3, 0.4) is 0 Å². The summed E-state index contributed by atoms with van der Waals surface area (Å²) in [6, 6.07) is 7.35. The van der Waals surface area contributed by atoms with Crippen LogP contribution in [0.1, 0.15) is 33.5 Å². The lowest BCUT2D eigenvalue weighted by atomic mass is 10.0. The molecule has 1 atom stereocenters. The van der Waals surface area contributed by atoms with Crippen molar-refractivity contribution in [3.63, 3.8) is 0 Å². The molecule has 3 rings (SSSR count). The van der Waals surface area contributed by atoms with Crippen molar-refractivity contribution in [1.29, 1.82) is 5.41 Å². The van der Waals surface area contributed by atoms with Gasteiger partial charge in [0.15, 0.2) is 0 Å². The Bertz CT molecular complexity index is 805. The van der Waals surface area contributed by atoms with Gasteiger partial charge in [-0.15, -0.1) is 0 Å². The molecule has 1 aliphatic heterocycles. The van der Waals surface area contributed by atoms with Crippen molar-refractivity contribution in [3.8, 4) is 5.75 Å². The van der Waals surface area contributed by atoms with Crippen LogP contribution >= 0.6 is 0 Å². The van der Waals surface area contributed by atoms with Gasteiger partial charge in [0, 0.05) is 38.9 Å². The van der Waals surface area contributed by atoms with Crippen LogP contribution in [0.5, 0.6) is 5.75 Å². The zero-order valence-electron chi connectivity index (χ0n) is 15.8. The Morgan fingerprint density at radius 2 is 2.19 bits per heavy atom. The quantitative estimate of drug-likeness (QED) is 0.633. The van der Waals surface area contributed by atoms with Gasteiger partial charge in [0.05, 0.1) is 24.5 Å².